The molecule has 4 rings (SSSR count). The van der Waals surface area contributed by atoms with Gasteiger partial charge in [0, 0.05) is 37.2 Å². The largest absolute Gasteiger partial charge is 0.336 e. The number of aromatic nitrogens is 3. The van der Waals surface area contributed by atoms with E-state index >= 15 is 0 Å². The van der Waals surface area contributed by atoms with Gasteiger partial charge in [0.05, 0.1) is 17.3 Å². The molecule has 7 heteroatoms. The molecule has 7 nitrogen and oxygen atoms in total. The van der Waals surface area contributed by atoms with Crippen LogP contribution in [0.15, 0.2) is 54.9 Å². The summed E-state index contributed by atoms with van der Waals surface area (Å²) >= 11 is 0. The van der Waals surface area contributed by atoms with Crippen LogP contribution in [-0.2, 0) is 12.8 Å². The van der Waals surface area contributed by atoms with Crippen molar-refractivity contribution in [1.29, 1.82) is 5.26 Å². The van der Waals surface area contributed by atoms with Gasteiger partial charge in [-0.25, -0.2) is 4.68 Å². The van der Waals surface area contributed by atoms with E-state index < -0.39 is 0 Å². The third-order valence-corrected chi connectivity index (χ3v) is 5.64. The molecule has 1 atom stereocenters. The Morgan fingerprint density at radius 2 is 1.94 bits per heavy atom. The first-order chi connectivity index (χ1) is 15.1. The Balaban J connectivity index is 1.57. The van der Waals surface area contributed by atoms with Crippen LogP contribution in [0, 0.1) is 11.3 Å². The third kappa shape index (κ3) is 4.98. The highest BCUT2D eigenvalue weighted by Gasteiger charge is 2.25. The van der Waals surface area contributed by atoms with E-state index in [9.17, 15) is 4.79 Å². The number of rotatable bonds is 6. The van der Waals surface area contributed by atoms with Crippen LogP contribution >= 0.6 is 0 Å². The van der Waals surface area contributed by atoms with E-state index in [1.165, 1.54) is 5.56 Å². The molecule has 3 aromatic rings. The van der Waals surface area contributed by atoms with E-state index in [1.807, 2.05) is 35.0 Å². The van der Waals surface area contributed by atoms with Gasteiger partial charge in [-0.15, -0.1) is 0 Å². The molecule has 158 valence electrons. The predicted octanol–water partition coefficient (Wildman–Crippen LogP) is 2.88. The zero-order valence-electron chi connectivity index (χ0n) is 17.4. The number of aryl methyl sites for hydroxylation is 2. The zero-order chi connectivity index (χ0) is 21.6. The molecule has 0 saturated carbocycles. The molecule has 2 N–H and O–H groups in total. The van der Waals surface area contributed by atoms with Crippen molar-refractivity contribution in [3.8, 4) is 11.8 Å². The lowest BCUT2D eigenvalue weighted by Gasteiger charge is -2.30. The third-order valence-electron chi connectivity index (χ3n) is 5.64. The summed E-state index contributed by atoms with van der Waals surface area (Å²) in [6.07, 6.45) is 8.10. The number of piperidine rings is 1. The van der Waals surface area contributed by atoms with Crippen LogP contribution in [0.25, 0.3) is 5.69 Å². The molecule has 1 amide bonds. The minimum Gasteiger partial charge on any atom is -0.336 e. The first kappa shape index (κ1) is 20.8. The molecule has 0 bridgehead atoms. The minimum absolute atomic E-state index is 0.0261. The van der Waals surface area contributed by atoms with Gasteiger partial charge in [0.15, 0.2) is 5.69 Å². The Kier molecular flexibility index (Phi) is 6.39. The summed E-state index contributed by atoms with van der Waals surface area (Å²) in [6, 6.07) is 15.4. The van der Waals surface area contributed by atoms with E-state index in [-0.39, 0.29) is 11.9 Å². The highest BCUT2D eigenvalue weighted by Crippen LogP contribution is 2.19. The molecule has 0 unspecified atom stereocenters. The van der Waals surface area contributed by atoms with Crippen LogP contribution < -0.4 is 5.73 Å². The first-order valence-electron chi connectivity index (χ1n) is 10.7. The van der Waals surface area contributed by atoms with Crippen molar-refractivity contribution >= 4 is 5.91 Å². The number of carbonyl (C=O) groups is 1. The highest BCUT2D eigenvalue weighted by atomic mass is 16.2. The summed E-state index contributed by atoms with van der Waals surface area (Å²) in [5, 5.41) is 13.7. The van der Waals surface area contributed by atoms with Gasteiger partial charge in [0.25, 0.3) is 5.91 Å². The van der Waals surface area contributed by atoms with Crippen LogP contribution in [0.2, 0.25) is 0 Å². The molecule has 1 aliphatic rings. The van der Waals surface area contributed by atoms with Crippen molar-refractivity contribution in [2.24, 2.45) is 5.73 Å². The summed E-state index contributed by atoms with van der Waals surface area (Å²) in [5.74, 6) is -0.0714. The fourth-order valence-electron chi connectivity index (χ4n) is 3.98. The van der Waals surface area contributed by atoms with Gasteiger partial charge in [-0.1, -0.05) is 0 Å². The quantitative estimate of drug-likeness (QED) is 0.668. The second kappa shape index (κ2) is 9.54. The summed E-state index contributed by atoms with van der Waals surface area (Å²) < 4.78 is 1.82. The maximum absolute atomic E-state index is 13.1. The van der Waals surface area contributed by atoms with Gasteiger partial charge < -0.3 is 10.6 Å². The van der Waals surface area contributed by atoms with Gasteiger partial charge in [-0.05, 0) is 80.1 Å². The van der Waals surface area contributed by atoms with Crippen LogP contribution in [0.3, 0.4) is 0 Å². The first-order valence-corrected chi connectivity index (χ1v) is 10.7. The highest BCUT2D eigenvalue weighted by molar-refractivity contribution is 5.92. The SMILES string of the molecule is N#Cc1ccc(-n2nc(C(=O)N3CCC[C@@H](N)C3)cc2CCCc2ccncc2)cc1. The van der Waals surface area contributed by atoms with Crippen molar-refractivity contribution < 1.29 is 4.79 Å². The number of hydrogen-bond donors (Lipinski definition) is 1. The van der Waals surface area contributed by atoms with Crippen molar-refractivity contribution in [3.63, 3.8) is 0 Å². The van der Waals surface area contributed by atoms with E-state index in [2.05, 4.69) is 16.2 Å². The Labute approximate surface area is 182 Å². The van der Waals surface area contributed by atoms with E-state index in [4.69, 9.17) is 11.0 Å². The van der Waals surface area contributed by atoms with E-state index in [1.54, 1.807) is 29.4 Å². The lowest BCUT2D eigenvalue weighted by molar-refractivity contribution is 0.0702. The topological polar surface area (TPSA) is 101 Å². The minimum atomic E-state index is -0.0714. The van der Waals surface area contributed by atoms with Gasteiger partial charge >= 0.3 is 0 Å². The van der Waals surface area contributed by atoms with Crippen LogP contribution in [0.1, 0.15) is 46.6 Å². The summed E-state index contributed by atoms with van der Waals surface area (Å²) in [7, 11) is 0. The molecular weight excluding hydrogens is 388 g/mol. The van der Waals surface area contributed by atoms with Crippen molar-refractivity contribution in [2.45, 2.75) is 38.1 Å². The van der Waals surface area contributed by atoms with E-state index in [0.717, 1.165) is 43.5 Å². The lowest BCUT2D eigenvalue weighted by Crippen LogP contribution is -2.45. The van der Waals surface area contributed by atoms with Crippen LogP contribution in [-0.4, -0.2) is 44.7 Å². The molecule has 0 radical (unpaired) electrons. The monoisotopic (exact) mass is 414 g/mol. The second-order valence-corrected chi connectivity index (χ2v) is 7.95. The Morgan fingerprint density at radius 1 is 1.16 bits per heavy atom. The fourth-order valence-corrected chi connectivity index (χ4v) is 3.98. The molecule has 1 saturated heterocycles. The molecule has 1 aliphatic heterocycles. The van der Waals surface area contributed by atoms with Crippen LogP contribution in [0.5, 0.6) is 0 Å². The lowest BCUT2D eigenvalue weighted by atomic mass is 10.1. The Bertz CT molecular complexity index is 1070. The molecule has 0 aliphatic carbocycles. The van der Waals surface area contributed by atoms with Crippen molar-refractivity contribution in [1.82, 2.24) is 19.7 Å². The van der Waals surface area contributed by atoms with Gasteiger partial charge in [-0.2, -0.15) is 10.4 Å². The number of nitrogens with two attached hydrogens (primary N) is 1. The van der Waals surface area contributed by atoms with Gasteiger partial charge in [0.2, 0.25) is 0 Å². The Hall–Kier alpha value is -3.50. The summed E-state index contributed by atoms with van der Waals surface area (Å²) in [5.41, 5.74) is 10.1. The summed E-state index contributed by atoms with van der Waals surface area (Å²) in [6.45, 7) is 1.29. The average molecular weight is 415 g/mol. The number of nitrogens with zero attached hydrogens (tertiary/aromatic N) is 5. The number of amides is 1. The van der Waals surface area contributed by atoms with Gasteiger partial charge in [-0.3, -0.25) is 9.78 Å². The molecule has 3 heterocycles. The number of benzene rings is 1. The fraction of sp³-hybridized carbons (Fsp3) is 0.333. The number of carbonyl (C=O) groups excluding carboxylic acids is 1. The smallest absolute Gasteiger partial charge is 0.274 e. The second-order valence-electron chi connectivity index (χ2n) is 7.95. The normalized spacial score (nSPS) is 16.1. The zero-order valence-corrected chi connectivity index (χ0v) is 17.4. The molecule has 0 spiro atoms. The summed E-state index contributed by atoms with van der Waals surface area (Å²) in [4.78, 5) is 19.0. The maximum atomic E-state index is 13.1. The van der Waals surface area contributed by atoms with Crippen molar-refractivity contribution in [3.05, 3.63) is 77.4 Å². The molecule has 1 fully saturated rings. The number of nitriles is 1. The standard InChI is InChI=1S/C24H26N6O/c25-16-19-6-8-21(9-7-19)30-22(5-1-3-18-10-12-27-13-11-18)15-23(28-30)24(31)29-14-2-4-20(26)17-29/h6-13,15,20H,1-5,14,17,26H2/t20-/m1/s1. The Morgan fingerprint density at radius 3 is 2.65 bits per heavy atom. The molecule has 31 heavy (non-hydrogen) atoms. The van der Waals surface area contributed by atoms with Crippen molar-refractivity contribution in [2.75, 3.05) is 13.1 Å². The maximum Gasteiger partial charge on any atom is 0.274 e. The number of pyridine rings is 1. The molecule has 2 aromatic heterocycles. The molecule has 1 aromatic carbocycles. The molecular formula is C24H26N6O. The number of hydrogen-bond acceptors (Lipinski definition) is 5. The average Bonchev–Trinajstić information content (AvgIpc) is 3.23. The van der Waals surface area contributed by atoms with E-state index in [0.29, 0.717) is 24.3 Å². The van der Waals surface area contributed by atoms with Gasteiger partial charge in [0.1, 0.15) is 0 Å². The number of likely N-dealkylation sites (tertiary alicyclic amines) is 1. The van der Waals surface area contributed by atoms with Crippen LogP contribution in [0.4, 0.5) is 0 Å². The predicted molar refractivity (Wildman–Crippen MR) is 118 cm³/mol.